The van der Waals surface area contributed by atoms with E-state index in [1.54, 1.807) is 0 Å². The van der Waals surface area contributed by atoms with Gasteiger partial charge in [0.2, 0.25) is 10.0 Å². The van der Waals surface area contributed by atoms with Gasteiger partial charge in [0.05, 0.1) is 5.75 Å². The van der Waals surface area contributed by atoms with E-state index in [9.17, 15) is 12.8 Å². The van der Waals surface area contributed by atoms with Crippen molar-refractivity contribution in [1.82, 2.24) is 9.62 Å². The SMILES string of the molecule is CC(CNS(=O)(=O)Cc1ccc(F)cc1)N1CCCCC1. The topological polar surface area (TPSA) is 49.4 Å². The Morgan fingerprint density at radius 2 is 1.81 bits per heavy atom. The average molecular weight is 314 g/mol. The minimum atomic E-state index is -3.38. The number of likely N-dealkylation sites (tertiary alicyclic amines) is 1. The van der Waals surface area contributed by atoms with Gasteiger partial charge in [0.15, 0.2) is 0 Å². The van der Waals surface area contributed by atoms with E-state index in [4.69, 9.17) is 0 Å². The van der Waals surface area contributed by atoms with Crippen molar-refractivity contribution in [2.24, 2.45) is 0 Å². The molecular formula is C15H23FN2O2S. The van der Waals surface area contributed by atoms with Gasteiger partial charge in [0.1, 0.15) is 5.82 Å². The van der Waals surface area contributed by atoms with Crippen molar-refractivity contribution in [3.8, 4) is 0 Å². The second kappa shape index (κ2) is 7.33. The van der Waals surface area contributed by atoms with Gasteiger partial charge in [-0.25, -0.2) is 17.5 Å². The molecule has 6 heteroatoms. The number of piperidine rings is 1. The molecule has 1 atom stereocenters. The molecule has 1 aromatic carbocycles. The summed E-state index contributed by atoms with van der Waals surface area (Å²) in [5, 5.41) is 0. The molecule has 1 saturated heterocycles. The Labute approximate surface area is 126 Å². The molecule has 1 heterocycles. The molecule has 1 fully saturated rings. The Bertz CT molecular complexity index is 539. The van der Waals surface area contributed by atoms with Crippen LogP contribution >= 0.6 is 0 Å². The molecule has 0 spiro atoms. The lowest BCUT2D eigenvalue weighted by Gasteiger charge is -2.32. The maximum absolute atomic E-state index is 12.8. The van der Waals surface area contributed by atoms with Gasteiger partial charge < -0.3 is 0 Å². The van der Waals surface area contributed by atoms with Crippen LogP contribution in [0.4, 0.5) is 4.39 Å². The van der Waals surface area contributed by atoms with Gasteiger partial charge in [-0.1, -0.05) is 18.6 Å². The van der Waals surface area contributed by atoms with E-state index in [1.807, 2.05) is 6.92 Å². The Kier molecular flexibility index (Phi) is 5.72. The molecule has 1 aromatic rings. The number of nitrogens with zero attached hydrogens (tertiary/aromatic N) is 1. The zero-order chi connectivity index (χ0) is 15.3. The van der Waals surface area contributed by atoms with Crippen molar-refractivity contribution in [3.05, 3.63) is 35.6 Å². The normalized spacial score (nSPS) is 18.6. The summed E-state index contributed by atoms with van der Waals surface area (Å²) in [6.07, 6.45) is 3.64. The molecule has 0 aromatic heterocycles. The van der Waals surface area contributed by atoms with E-state index in [1.165, 1.54) is 43.5 Å². The fourth-order valence-electron chi connectivity index (χ4n) is 2.59. The first-order valence-corrected chi connectivity index (χ1v) is 9.07. The van der Waals surface area contributed by atoms with Crippen LogP contribution in [0.1, 0.15) is 31.7 Å². The largest absolute Gasteiger partial charge is 0.299 e. The Hall–Kier alpha value is -0.980. The van der Waals surface area contributed by atoms with E-state index in [-0.39, 0.29) is 17.6 Å². The highest BCUT2D eigenvalue weighted by atomic mass is 32.2. The lowest BCUT2D eigenvalue weighted by molar-refractivity contribution is 0.175. The fraction of sp³-hybridized carbons (Fsp3) is 0.600. The number of benzene rings is 1. The first-order valence-electron chi connectivity index (χ1n) is 7.42. The van der Waals surface area contributed by atoms with Crippen molar-refractivity contribution in [1.29, 1.82) is 0 Å². The Morgan fingerprint density at radius 3 is 2.43 bits per heavy atom. The monoisotopic (exact) mass is 314 g/mol. The maximum atomic E-state index is 12.8. The second-order valence-corrected chi connectivity index (χ2v) is 7.49. The first kappa shape index (κ1) is 16.4. The molecule has 118 valence electrons. The number of sulfonamides is 1. The summed E-state index contributed by atoms with van der Waals surface area (Å²) in [5.41, 5.74) is 0.592. The molecular weight excluding hydrogens is 291 g/mol. The smallest absolute Gasteiger partial charge is 0.215 e. The number of halogens is 1. The number of hydrogen-bond donors (Lipinski definition) is 1. The lowest BCUT2D eigenvalue weighted by atomic mass is 10.1. The highest BCUT2D eigenvalue weighted by Crippen LogP contribution is 2.12. The van der Waals surface area contributed by atoms with Crippen LogP contribution in [0.2, 0.25) is 0 Å². The molecule has 1 aliphatic rings. The van der Waals surface area contributed by atoms with E-state index < -0.39 is 10.0 Å². The van der Waals surface area contributed by atoms with Crippen LogP contribution in [0.15, 0.2) is 24.3 Å². The molecule has 2 rings (SSSR count). The summed E-state index contributed by atoms with van der Waals surface area (Å²) in [6.45, 7) is 4.55. The molecule has 0 amide bonds. The number of rotatable bonds is 6. The van der Waals surface area contributed by atoms with Gasteiger partial charge in [-0.2, -0.15) is 0 Å². The van der Waals surface area contributed by atoms with Crippen LogP contribution in [0, 0.1) is 5.82 Å². The lowest BCUT2D eigenvalue weighted by Crippen LogP contribution is -2.44. The molecule has 1 unspecified atom stereocenters. The number of hydrogen-bond acceptors (Lipinski definition) is 3. The molecule has 4 nitrogen and oxygen atoms in total. The summed E-state index contributed by atoms with van der Waals surface area (Å²) >= 11 is 0. The van der Waals surface area contributed by atoms with Crippen LogP contribution in [0.3, 0.4) is 0 Å². The van der Waals surface area contributed by atoms with Crippen molar-refractivity contribution >= 4 is 10.0 Å². The van der Waals surface area contributed by atoms with Gasteiger partial charge >= 0.3 is 0 Å². The highest BCUT2D eigenvalue weighted by Gasteiger charge is 2.19. The Balaban J connectivity index is 1.84. The Morgan fingerprint density at radius 1 is 1.19 bits per heavy atom. The number of nitrogens with one attached hydrogen (secondary N) is 1. The van der Waals surface area contributed by atoms with Crippen LogP contribution in [-0.2, 0) is 15.8 Å². The minimum Gasteiger partial charge on any atom is -0.299 e. The average Bonchev–Trinajstić information content (AvgIpc) is 2.48. The maximum Gasteiger partial charge on any atom is 0.215 e. The van der Waals surface area contributed by atoms with E-state index in [2.05, 4.69) is 9.62 Å². The summed E-state index contributed by atoms with van der Waals surface area (Å²) in [6, 6.07) is 5.77. The molecule has 0 bridgehead atoms. The third kappa shape index (κ3) is 5.37. The van der Waals surface area contributed by atoms with E-state index in [0.717, 1.165) is 13.1 Å². The van der Waals surface area contributed by atoms with E-state index in [0.29, 0.717) is 12.1 Å². The van der Waals surface area contributed by atoms with E-state index >= 15 is 0 Å². The van der Waals surface area contributed by atoms with Gasteiger partial charge in [0.25, 0.3) is 0 Å². The summed E-state index contributed by atoms with van der Waals surface area (Å²) in [7, 11) is -3.38. The van der Waals surface area contributed by atoms with Gasteiger partial charge in [-0.15, -0.1) is 0 Å². The third-order valence-electron chi connectivity index (χ3n) is 3.88. The van der Waals surface area contributed by atoms with Gasteiger partial charge in [-0.3, -0.25) is 4.90 Å². The van der Waals surface area contributed by atoms with Gasteiger partial charge in [-0.05, 0) is 50.6 Å². The first-order chi connectivity index (χ1) is 9.96. The third-order valence-corrected chi connectivity index (χ3v) is 5.20. The van der Waals surface area contributed by atoms with Crippen molar-refractivity contribution in [3.63, 3.8) is 0 Å². The molecule has 1 N–H and O–H groups in total. The van der Waals surface area contributed by atoms with Crippen LogP contribution in [-0.4, -0.2) is 39.0 Å². The predicted molar refractivity (Wildman–Crippen MR) is 81.9 cm³/mol. The summed E-state index contributed by atoms with van der Waals surface area (Å²) in [5.74, 6) is -0.470. The highest BCUT2D eigenvalue weighted by molar-refractivity contribution is 7.88. The molecule has 0 aliphatic carbocycles. The molecule has 1 aliphatic heterocycles. The van der Waals surface area contributed by atoms with Crippen LogP contribution < -0.4 is 4.72 Å². The van der Waals surface area contributed by atoms with Crippen molar-refractivity contribution in [2.75, 3.05) is 19.6 Å². The zero-order valence-corrected chi connectivity index (χ0v) is 13.2. The van der Waals surface area contributed by atoms with Gasteiger partial charge in [0, 0.05) is 12.6 Å². The second-order valence-electron chi connectivity index (χ2n) is 5.68. The van der Waals surface area contributed by atoms with Crippen molar-refractivity contribution < 1.29 is 12.8 Å². The summed E-state index contributed by atoms with van der Waals surface area (Å²) in [4.78, 5) is 2.32. The predicted octanol–water partition coefficient (Wildman–Crippen LogP) is 2.12. The molecule has 21 heavy (non-hydrogen) atoms. The summed E-state index contributed by atoms with van der Waals surface area (Å²) < 4.78 is 39.6. The standard InChI is InChI=1S/C15H23FN2O2S/c1-13(18-9-3-2-4-10-18)11-17-21(19,20)12-14-5-7-15(16)8-6-14/h5-8,13,17H,2-4,9-12H2,1H3. The van der Waals surface area contributed by atoms with Crippen LogP contribution in [0.25, 0.3) is 0 Å². The molecule has 0 radical (unpaired) electrons. The van der Waals surface area contributed by atoms with Crippen molar-refractivity contribution in [2.45, 2.75) is 38.0 Å². The molecule has 0 saturated carbocycles. The quantitative estimate of drug-likeness (QED) is 0.875. The van der Waals surface area contributed by atoms with Crippen LogP contribution in [0.5, 0.6) is 0 Å². The zero-order valence-electron chi connectivity index (χ0n) is 12.4. The fourth-order valence-corrected chi connectivity index (χ4v) is 3.82. The minimum absolute atomic E-state index is 0.111.